The van der Waals surface area contributed by atoms with Crippen molar-refractivity contribution >= 4 is 40.1 Å². The molecule has 6 rings (SSSR count). The number of aromatic nitrogens is 3. The number of nitrogens with two attached hydrogens (primary N) is 1. The van der Waals surface area contributed by atoms with Crippen molar-refractivity contribution in [3.05, 3.63) is 71.0 Å². The minimum atomic E-state index is -0.534. The number of nitrogens with zero attached hydrogens (tertiary/aromatic N) is 2. The van der Waals surface area contributed by atoms with Crippen LogP contribution in [0.4, 0.5) is 11.4 Å². The molecule has 0 bridgehead atoms. The molecule has 3 heterocycles. The van der Waals surface area contributed by atoms with Crippen LogP contribution in [-0.4, -0.2) is 39.1 Å². The van der Waals surface area contributed by atoms with E-state index in [4.69, 9.17) is 10.7 Å². The third-order valence-electron chi connectivity index (χ3n) is 9.39. The molecule has 1 fully saturated rings. The van der Waals surface area contributed by atoms with E-state index >= 15 is 0 Å². The molecule has 234 valence electrons. The van der Waals surface area contributed by atoms with Crippen LogP contribution >= 0.6 is 0 Å². The molecule has 1 aliphatic carbocycles. The normalized spacial score (nSPS) is 18.6. The zero-order chi connectivity index (χ0) is 31.7. The number of Topliss-reactive ketones (excluding diaryl/α,β-unsaturated/α-hetero) is 1. The molecule has 4 aromatic rings. The van der Waals surface area contributed by atoms with Crippen molar-refractivity contribution in [3.8, 4) is 11.3 Å². The Labute approximate surface area is 263 Å². The third kappa shape index (κ3) is 6.83. The molecule has 0 unspecified atom stereocenters. The van der Waals surface area contributed by atoms with E-state index in [0.717, 1.165) is 70.7 Å². The summed E-state index contributed by atoms with van der Waals surface area (Å²) >= 11 is 0. The number of pyridine rings is 1. The van der Waals surface area contributed by atoms with Gasteiger partial charge in [0.1, 0.15) is 11.6 Å². The first-order valence-corrected chi connectivity index (χ1v) is 16.1. The number of amides is 2. The van der Waals surface area contributed by atoms with Crippen LogP contribution in [0.1, 0.15) is 74.4 Å². The Morgan fingerprint density at radius 3 is 2.49 bits per heavy atom. The summed E-state index contributed by atoms with van der Waals surface area (Å²) in [5, 5.41) is 5.86. The summed E-state index contributed by atoms with van der Waals surface area (Å²) in [5.41, 5.74) is 13.6. The number of hydrogen-bond acceptors (Lipinski definition) is 6. The van der Waals surface area contributed by atoms with E-state index in [-0.39, 0.29) is 35.9 Å². The molecule has 45 heavy (non-hydrogen) atoms. The van der Waals surface area contributed by atoms with Crippen molar-refractivity contribution < 1.29 is 14.4 Å². The largest absolute Gasteiger partial charge is 0.340 e. The Hall–Kier alpha value is -4.37. The van der Waals surface area contributed by atoms with E-state index in [1.807, 2.05) is 43.3 Å². The molecular weight excluding hydrogens is 564 g/mol. The van der Waals surface area contributed by atoms with Gasteiger partial charge in [-0.3, -0.25) is 14.4 Å². The molecule has 2 aromatic carbocycles. The summed E-state index contributed by atoms with van der Waals surface area (Å²) in [5.74, 6) is 1.02. The van der Waals surface area contributed by atoms with Crippen LogP contribution < -0.4 is 16.4 Å². The zero-order valence-corrected chi connectivity index (χ0v) is 26.3. The van der Waals surface area contributed by atoms with Crippen molar-refractivity contribution in [1.29, 1.82) is 0 Å². The van der Waals surface area contributed by atoms with Crippen molar-refractivity contribution in [2.75, 3.05) is 17.2 Å². The van der Waals surface area contributed by atoms with Gasteiger partial charge in [0.05, 0.1) is 17.6 Å². The number of ketones is 1. The smallest absolute Gasteiger partial charge is 0.228 e. The molecule has 1 atom stereocenters. The lowest BCUT2D eigenvalue weighted by atomic mass is 9.77. The SMILES string of the molecule is Cc1cc2[nH]c(C(C)C)nc2nc1-c1ccc(C[C@H](CC(=O)C2CCC(CN)CC2)C(=O)Nc2ccc3c(c2)NC(=O)C3)cc1. The Kier molecular flexibility index (Phi) is 8.81. The summed E-state index contributed by atoms with van der Waals surface area (Å²) in [4.78, 5) is 51.9. The predicted molar refractivity (Wildman–Crippen MR) is 177 cm³/mol. The molecule has 2 amide bonds. The Balaban J connectivity index is 1.20. The highest BCUT2D eigenvalue weighted by Gasteiger charge is 2.30. The number of carbonyl (C=O) groups excluding carboxylic acids is 3. The van der Waals surface area contributed by atoms with Gasteiger partial charge in [-0.15, -0.1) is 0 Å². The van der Waals surface area contributed by atoms with Crippen molar-refractivity contribution in [1.82, 2.24) is 15.0 Å². The average Bonchev–Trinajstić information content (AvgIpc) is 3.62. The molecule has 2 aliphatic rings. The highest BCUT2D eigenvalue weighted by atomic mass is 16.2. The van der Waals surface area contributed by atoms with E-state index in [2.05, 4.69) is 40.5 Å². The molecular formula is C36H42N6O3. The van der Waals surface area contributed by atoms with E-state index in [1.54, 1.807) is 6.07 Å². The van der Waals surface area contributed by atoms with Crippen molar-refractivity contribution in [2.45, 2.75) is 71.6 Å². The quantitative estimate of drug-likeness (QED) is 0.173. The number of hydrogen-bond donors (Lipinski definition) is 4. The van der Waals surface area contributed by atoms with Gasteiger partial charge in [-0.05, 0) is 86.4 Å². The fourth-order valence-electron chi connectivity index (χ4n) is 6.63. The van der Waals surface area contributed by atoms with Crippen LogP contribution in [0.25, 0.3) is 22.4 Å². The maximum Gasteiger partial charge on any atom is 0.228 e. The number of imidazole rings is 1. The fourth-order valence-corrected chi connectivity index (χ4v) is 6.63. The number of anilines is 2. The fraction of sp³-hybridized carbons (Fsp3) is 0.417. The Morgan fingerprint density at radius 1 is 1.02 bits per heavy atom. The second kappa shape index (κ2) is 12.9. The number of aromatic amines is 1. The van der Waals surface area contributed by atoms with Crippen LogP contribution in [0, 0.1) is 24.7 Å². The summed E-state index contributed by atoms with van der Waals surface area (Å²) in [7, 11) is 0. The first kappa shape index (κ1) is 30.6. The molecule has 0 spiro atoms. The zero-order valence-electron chi connectivity index (χ0n) is 26.3. The van der Waals surface area contributed by atoms with Crippen molar-refractivity contribution in [2.24, 2.45) is 23.5 Å². The summed E-state index contributed by atoms with van der Waals surface area (Å²) in [6.45, 7) is 6.90. The first-order valence-electron chi connectivity index (χ1n) is 16.1. The maximum absolute atomic E-state index is 13.7. The average molecular weight is 607 g/mol. The number of carbonyl (C=O) groups is 3. The van der Waals surface area contributed by atoms with Gasteiger partial charge in [0.2, 0.25) is 11.8 Å². The molecule has 0 saturated heterocycles. The number of fused-ring (bicyclic) bond motifs is 2. The topological polar surface area (TPSA) is 143 Å². The minimum Gasteiger partial charge on any atom is -0.340 e. The van der Waals surface area contributed by atoms with Gasteiger partial charge in [-0.1, -0.05) is 44.2 Å². The summed E-state index contributed by atoms with van der Waals surface area (Å²) in [6, 6.07) is 15.6. The van der Waals surface area contributed by atoms with Gasteiger partial charge >= 0.3 is 0 Å². The predicted octanol–water partition coefficient (Wildman–Crippen LogP) is 6.07. The summed E-state index contributed by atoms with van der Waals surface area (Å²) in [6.07, 6.45) is 4.54. The second-order valence-electron chi connectivity index (χ2n) is 13.1. The van der Waals surface area contributed by atoms with Crippen LogP contribution in [0.5, 0.6) is 0 Å². The lowest BCUT2D eigenvalue weighted by molar-refractivity contribution is -0.129. The second-order valence-corrected chi connectivity index (χ2v) is 13.1. The van der Waals surface area contributed by atoms with E-state index < -0.39 is 5.92 Å². The number of benzene rings is 2. The first-order chi connectivity index (χ1) is 21.7. The molecule has 9 nitrogen and oxygen atoms in total. The van der Waals surface area contributed by atoms with Crippen LogP contribution in [0.15, 0.2) is 48.5 Å². The van der Waals surface area contributed by atoms with Crippen LogP contribution in [-0.2, 0) is 27.2 Å². The van der Waals surface area contributed by atoms with Gasteiger partial charge in [-0.2, -0.15) is 0 Å². The maximum atomic E-state index is 13.7. The van der Waals surface area contributed by atoms with Gasteiger partial charge in [0.25, 0.3) is 0 Å². The lowest BCUT2D eigenvalue weighted by Crippen LogP contribution is -2.31. The minimum absolute atomic E-state index is 0.0251. The lowest BCUT2D eigenvalue weighted by Gasteiger charge is -2.27. The monoisotopic (exact) mass is 606 g/mol. The standard InChI is InChI=1S/C36H42N6O3/c1-20(2)34-40-30-14-21(3)33(41-35(30)42-34)25-10-4-22(5-11-25)15-27(16-31(43)24-8-6-23(19-37)7-9-24)36(45)38-28-13-12-26-17-32(44)39-29(26)18-28/h4-5,10-14,18,20,23-24,27H,6-9,15-17,19,37H2,1-3H3,(H,38,45)(H,39,44)(H,40,41,42)/t23?,24?,27-/m1/s1. The molecule has 2 aromatic heterocycles. The van der Waals surface area contributed by atoms with E-state index in [0.29, 0.717) is 36.6 Å². The number of H-pyrrole nitrogens is 1. The Bertz CT molecular complexity index is 1730. The van der Waals surface area contributed by atoms with E-state index in [1.165, 1.54) is 0 Å². The third-order valence-corrected chi connectivity index (χ3v) is 9.39. The van der Waals surface area contributed by atoms with E-state index in [9.17, 15) is 14.4 Å². The number of nitrogens with one attached hydrogen (secondary N) is 3. The van der Waals surface area contributed by atoms with Gasteiger partial charge in [0, 0.05) is 41.1 Å². The molecule has 5 N–H and O–H groups in total. The van der Waals surface area contributed by atoms with Gasteiger partial charge in [0.15, 0.2) is 5.65 Å². The number of aryl methyl sites for hydroxylation is 1. The molecule has 0 radical (unpaired) electrons. The highest BCUT2D eigenvalue weighted by molar-refractivity contribution is 6.01. The van der Waals surface area contributed by atoms with Crippen LogP contribution in [0.2, 0.25) is 0 Å². The molecule has 9 heteroatoms. The highest BCUT2D eigenvalue weighted by Crippen LogP contribution is 2.32. The van der Waals surface area contributed by atoms with Crippen LogP contribution in [0.3, 0.4) is 0 Å². The summed E-state index contributed by atoms with van der Waals surface area (Å²) < 4.78 is 0. The van der Waals surface area contributed by atoms with Gasteiger partial charge < -0.3 is 21.4 Å². The Morgan fingerprint density at radius 2 is 1.78 bits per heavy atom. The number of rotatable bonds is 10. The van der Waals surface area contributed by atoms with Gasteiger partial charge in [-0.25, -0.2) is 9.97 Å². The van der Waals surface area contributed by atoms with Crippen molar-refractivity contribution in [3.63, 3.8) is 0 Å². The molecule has 1 aliphatic heterocycles. The molecule has 1 saturated carbocycles.